The van der Waals surface area contributed by atoms with Crippen LogP contribution in [0, 0.1) is 25.3 Å². The van der Waals surface area contributed by atoms with Gasteiger partial charge in [-0.1, -0.05) is 256 Å². The van der Waals surface area contributed by atoms with E-state index in [-0.39, 0.29) is 54.7 Å². The van der Waals surface area contributed by atoms with Gasteiger partial charge in [-0.25, -0.2) is 4.98 Å². The van der Waals surface area contributed by atoms with Crippen molar-refractivity contribution in [3.8, 4) is 73.2 Å². The fourth-order valence-electron chi connectivity index (χ4n) is 11.0. The van der Waals surface area contributed by atoms with Crippen molar-refractivity contribution in [1.82, 2.24) is 14.1 Å². The van der Waals surface area contributed by atoms with Gasteiger partial charge in [-0.05, 0) is 137 Å². The van der Waals surface area contributed by atoms with Gasteiger partial charge in [0.2, 0.25) is 0 Å². The molecular formula is C83H62N4OPtSi-2. The van der Waals surface area contributed by atoms with Gasteiger partial charge < -0.3 is 13.9 Å². The van der Waals surface area contributed by atoms with E-state index in [4.69, 9.17) is 26.2 Å². The van der Waals surface area contributed by atoms with E-state index >= 15 is 0 Å². The molecule has 0 amide bonds. The molecule has 0 aliphatic rings. The molecule has 0 spiro atoms. The summed E-state index contributed by atoms with van der Waals surface area (Å²) in [4.78, 5) is 4.79. The Morgan fingerprint density at radius 1 is 0.511 bits per heavy atom. The average Bonchev–Trinajstić information content (AvgIpc) is 1.08. The van der Waals surface area contributed by atoms with Gasteiger partial charge >= 0.3 is 0 Å². The second kappa shape index (κ2) is 24.0. The zero-order valence-electron chi connectivity index (χ0n) is 83.3. The molecule has 0 saturated heterocycles. The molecule has 5 nitrogen and oxygen atoms in total. The first-order valence-corrected chi connectivity index (χ1v) is 29.5. The van der Waals surface area contributed by atoms with Crippen LogP contribution in [0.25, 0.3) is 94.5 Å². The van der Waals surface area contributed by atoms with Gasteiger partial charge in [0.1, 0.15) is 5.82 Å². The van der Waals surface area contributed by atoms with Crippen LogP contribution in [0.1, 0.15) is 81.2 Å². The molecule has 0 bridgehead atoms. The summed E-state index contributed by atoms with van der Waals surface area (Å²) in [5.74, 6) is 0.479. The van der Waals surface area contributed by atoms with Crippen molar-refractivity contribution < 1.29 is 79.7 Å². The van der Waals surface area contributed by atoms with E-state index < -0.39 is 291 Å². The molecule has 0 aliphatic heterocycles. The minimum absolute atomic E-state index is 0. The number of fused-ring (bicyclic) bond motifs is 4. The molecule has 3 heterocycles. The fourth-order valence-corrected chi connectivity index (χ4v) is 15.0. The van der Waals surface area contributed by atoms with Gasteiger partial charge in [0, 0.05) is 48.4 Å². The Morgan fingerprint density at radius 2 is 1.08 bits per heavy atom. The van der Waals surface area contributed by atoms with E-state index in [2.05, 4.69) is 18.5 Å². The average molecular weight is 1390 g/mol. The van der Waals surface area contributed by atoms with E-state index in [1.807, 2.05) is 61.7 Å². The maximum atomic E-state index is 10.8. The molecule has 0 radical (unpaired) electrons. The molecule has 15 rings (SSSR count). The largest absolute Gasteiger partial charge is 0.510 e. The van der Waals surface area contributed by atoms with Gasteiger partial charge in [-0.15, -0.1) is 29.7 Å². The maximum absolute atomic E-state index is 10.8. The molecule has 0 aliphatic carbocycles. The van der Waals surface area contributed by atoms with Gasteiger partial charge in [-0.2, -0.15) is 18.2 Å². The van der Waals surface area contributed by atoms with Crippen LogP contribution < -0.4 is 30.1 Å². The minimum atomic E-state index is -6.94. The summed E-state index contributed by atoms with van der Waals surface area (Å²) >= 11 is 0. The summed E-state index contributed by atoms with van der Waals surface area (Å²) in [5.41, 5.74) is -8.24. The third-order valence-electron chi connectivity index (χ3n) is 14.9. The molecule has 0 atom stereocenters. The third-order valence-corrected chi connectivity index (χ3v) is 19.1. The van der Waals surface area contributed by atoms with Gasteiger partial charge in [0.05, 0.1) is 62.0 Å². The van der Waals surface area contributed by atoms with Crippen molar-refractivity contribution >= 4 is 61.7 Å². The number of para-hydroxylation sites is 1. The van der Waals surface area contributed by atoms with Crippen LogP contribution in [0.15, 0.2) is 303 Å². The van der Waals surface area contributed by atoms with Crippen molar-refractivity contribution in [2.75, 3.05) is 0 Å². The molecule has 0 fully saturated rings. The molecule has 12 aromatic carbocycles. The second-order valence-corrected chi connectivity index (χ2v) is 24.8. The predicted molar refractivity (Wildman–Crippen MR) is 369 cm³/mol. The third kappa shape index (κ3) is 10.5. The zero-order valence-corrected chi connectivity index (χ0v) is 50.6. The topological polar surface area (TPSA) is 35.9 Å². The van der Waals surface area contributed by atoms with E-state index in [1.54, 1.807) is 18.3 Å². The van der Waals surface area contributed by atoms with Crippen LogP contribution in [0.5, 0.6) is 11.5 Å². The number of aryl methyl sites for hydroxylation is 1. The second-order valence-electron chi connectivity index (χ2n) is 21.2. The molecular weight excluding hydrogens is 1290 g/mol. The number of nitrogens with zero attached hydrogens (tertiary/aromatic N) is 4. The minimum Gasteiger partial charge on any atom is -0.510 e. The Balaban J connectivity index is 0.0000129. The smallest absolute Gasteiger partial charge is 0.268 e. The van der Waals surface area contributed by atoms with Crippen molar-refractivity contribution in [3.05, 3.63) is 332 Å². The summed E-state index contributed by atoms with van der Waals surface area (Å²) in [6, 6.07) is -8.10. The molecule has 90 heavy (non-hydrogen) atoms. The Bertz CT molecular complexity index is 6870. The number of rotatable bonds is 13. The maximum Gasteiger partial charge on any atom is 0.268 e. The van der Waals surface area contributed by atoms with Crippen molar-refractivity contribution in [2.24, 2.45) is 0 Å². The summed E-state index contributed by atoms with van der Waals surface area (Å²) in [5, 5.41) is -3.28. The van der Waals surface area contributed by atoms with Crippen LogP contribution in [0.2, 0.25) is 0 Å². The number of imidazole rings is 1. The van der Waals surface area contributed by atoms with Crippen LogP contribution in [-0.4, -0.2) is 22.2 Å². The van der Waals surface area contributed by atoms with Crippen LogP contribution in [0.3, 0.4) is 0 Å². The van der Waals surface area contributed by atoms with E-state index in [0.29, 0.717) is 17.4 Å². The summed E-state index contributed by atoms with van der Waals surface area (Å²) in [6.07, 6.45) is 4.86. The molecule has 436 valence electrons. The summed E-state index contributed by atoms with van der Waals surface area (Å²) in [7, 11) is -6.94. The van der Waals surface area contributed by atoms with Crippen LogP contribution >= 0.6 is 0 Å². The van der Waals surface area contributed by atoms with Crippen LogP contribution in [-0.2, 0) is 26.5 Å². The van der Waals surface area contributed by atoms with Gasteiger partial charge in [0.15, 0.2) is 8.07 Å². The predicted octanol–water partition coefficient (Wildman–Crippen LogP) is 17.2. The number of hydrogen-bond donors (Lipinski definition) is 0. The fraction of sp³-hybridized carbons (Fsp3) is 0.0602. The Kier molecular flexibility index (Phi) is 7.97. The normalized spacial score (nSPS) is 17.5. The van der Waals surface area contributed by atoms with Gasteiger partial charge in [0.25, 0.3) is 6.33 Å². The molecule has 0 saturated carbocycles. The molecule has 7 heteroatoms. The SMILES string of the molecule is [2H]c1c([2H])c([2H])c(-c2ccc3c(c2)n(-c2[c-]c(Oc4[c-]c5c(cc4)c4ccccc4n5-c4cc(C(C)(C)C)ccn4)ccc2)[c-][n+]3-c2c(-c3c([2H])c(-c4c([2H])c([2H])c([2H])c([2H])c4[2H])c([2H])c(-c4c([2H])c([2H])c([2H])c([2H])c4[2H])c3[2H])cc(C([2H])([2H])[2H])cc2[Si](c2c([2H])c([2H])c([2H])c([2H])c2[2H])(c2c([2H])c([2H])c([2H])c([2H])c2[2H])c2c([2H])c([2H])c([2H])c([2H])c2[2H])c([2H])c1[2H].[Pt]. The standard InChI is InChI=1S/C83H62N4OSi.Pt/c1-58-48-75(65-51-63(60-28-13-6-14-29-60)50-64(52-65)61-30-15-7-16-31-61)82(80(49-58)89(70-34-17-8-18-35-70,71-36-19-9-20-37-71)72-38-21-10-22-39-72)86-57-85(79-53-62(42-45-77(79)86)59-26-11-5-12-27-59)67-32-25-33-68(55-67)88-69-43-44-74-73-40-23-24-41-76(73)87(78(74)56-69)81-54-66(46-47-84-81)83(2,3)4;/h5-54H,1-4H3;/q-2;/i1D3,5D,6D,7D,8D,9D,10D,11D,12D,13D,14D,15D,16D,17D,18D,19D,20D,21D,22D,26D,27D,28D,29D,30D,31D,34D,35D,36D,37D,38D,39D,50D,51D,52D;. The van der Waals surface area contributed by atoms with E-state index in [1.165, 1.54) is 36.4 Å². The number of aromatic nitrogens is 4. The first kappa shape index (κ1) is 29.8. The number of pyridine rings is 1. The molecule has 3 aromatic heterocycles. The zero-order chi connectivity index (χ0) is 91.3. The number of benzene rings is 12. The summed E-state index contributed by atoms with van der Waals surface area (Å²) < 4.78 is 354. The number of hydrogen-bond acceptors (Lipinski definition) is 2. The Hall–Kier alpha value is -10.2. The van der Waals surface area contributed by atoms with Crippen molar-refractivity contribution in [3.63, 3.8) is 0 Å². The van der Waals surface area contributed by atoms with E-state index in [0.717, 1.165) is 37.1 Å². The Morgan fingerprint density at radius 3 is 1.68 bits per heavy atom. The van der Waals surface area contributed by atoms with Crippen molar-refractivity contribution in [2.45, 2.75) is 33.0 Å². The monoisotopic (exact) mass is 1390 g/mol. The molecule has 0 unspecified atom stereocenters. The Labute approximate surface area is 592 Å². The first-order chi connectivity index (χ1) is 58.6. The number of ether oxygens (including phenoxy) is 1. The van der Waals surface area contributed by atoms with Crippen LogP contribution in [0.4, 0.5) is 0 Å². The molecule has 0 N–H and O–H groups in total. The first-order valence-electron chi connectivity index (χ1n) is 45.5. The van der Waals surface area contributed by atoms with Crippen molar-refractivity contribution in [1.29, 1.82) is 0 Å². The summed E-state index contributed by atoms with van der Waals surface area (Å²) in [6.45, 7) is 2.41. The molecule has 15 aromatic rings. The quantitative estimate of drug-likeness (QED) is 0.0499. The van der Waals surface area contributed by atoms with Gasteiger partial charge in [-0.3, -0.25) is 4.57 Å². The van der Waals surface area contributed by atoms with E-state index in [9.17, 15) is 32.9 Å².